The number of rotatable bonds is 8. The van der Waals surface area contributed by atoms with Crippen LogP contribution in [0.5, 0.6) is 0 Å². The summed E-state index contributed by atoms with van der Waals surface area (Å²) in [5, 5.41) is 0. The molecule has 7 heteroatoms. The molecule has 0 bridgehead atoms. The molecule has 1 aromatic carbocycles. The van der Waals surface area contributed by atoms with Crippen molar-refractivity contribution in [1.82, 2.24) is 4.72 Å². The van der Waals surface area contributed by atoms with Gasteiger partial charge < -0.3 is 4.74 Å². The molecule has 1 fully saturated rings. The van der Waals surface area contributed by atoms with Gasteiger partial charge in [-0.15, -0.1) is 0 Å². The lowest BCUT2D eigenvalue weighted by Crippen LogP contribution is -2.27. The van der Waals surface area contributed by atoms with Crippen molar-refractivity contribution in [2.75, 3.05) is 19.8 Å². The summed E-state index contributed by atoms with van der Waals surface area (Å²) < 4.78 is 57.9. The van der Waals surface area contributed by atoms with Gasteiger partial charge in [0, 0.05) is 19.8 Å². The standard InChI is InChI=1S/C13H17F2NO3S/c14-11-3-1-4-12(15)13(11)20(17,18)16-7-2-8-19-9-10-5-6-10/h1,3-4,10,16H,2,5-9H2. The van der Waals surface area contributed by atoms with Gasteiger partial charge in [-0.05, 0) is 37.3 Å². The van der Waals surface area contributed by atoms with E-state index < -0.39 is 26.6 Å². The van der Waals surface area contributed by atoms with Gasteiger partial charge in [0.2, 0.25) is 10.0 Å². The lowest BCUT2D eigenvalue weighted by Gasteiger charge is -2.08. The molecule has 20 heavy (non-hydrogen) atoms. The molecule has 1 aliphatic carbocycles. The number of sulfonamides is 1. The van der Waals surface area contributed by atoms with E-state index in [1.54, 1.807) is 0 Å². The number of hydrogen-bond acceptors (Lipinski definition) is 3. The van der Waals surface area contributed by atoms with Crippen LogP contribution >= 0.6 is 0 Å². The van der Waals surface area contributed by atoms with Crippen LogP contribution in [0.25, 0.3) is 0 Å². The van der Waals surface area contributed by atoms with E-state index in [1.165, 1.54) is 12.8 Å². The van der Waals surface area contributed by atoms with Crippen molar-refractivity contribution in [3.8, 4) is 0 Å². The molecule has 1 aromatic rings. The van der Waals surface area contributed by atoms with Crippen molar-refractivity contribution in [3.05, 3.63) is 29.8 Å². The van der Waals surface area contributed by atoms with Crippen LogP contribution in [0.3, 0.4) is 0 Å². The maximum Gasteiger partial charge on any atom is 0.246 e. The van der Waals surface area contributed by atoms with Crippen LogP contribution in [0.2, 0.25) is 0 Å². The molecule has 4 nitrogen and oxygen atoms in total. The van der Waals surface area contributed by atoms with E-state index in [0.29, 0.717) is 25.6 Å². The Labute approximate surface area is 117 Å². The van der Waals surface area contributed by atoms with Gasteiger partial charge in [-0.2, -0.15) is 0 Å². The van der Waals surface area contributed by atoms with Gasteiger partial charge in [0.1, 0.15) is 11.6 Å². The van der Waals surface area contributed by atoms with Crippen LogP contribution in [0.4, 0.5) is 8.78 Å². The molecule has 0 radical (unpaired) electrons. The van der Waals surface area contributed by atoms with E-state index in [1.807, 2.05) is 0 Å². The molecule has 0 atom stereocenters. The number of ether oxygens (including phenoxy) is 1. The van der Waals surface area contributed by atoms with Crippen molar-refractivity contribution < 1.29 is 21.9 Å². The van der Waals surface area contributed by atoms with Crippen LogP contribution in [0.15, 0.2) is 23.1 Å². The maximum atomic E-state index is 13.4. The SMILES string of the molecule is O=S(=O)(NCCCOCC1CC1)c1c(F)cccc1F. The van der Waals surface area contributed by atoms with Gasteiger partial charge in [-0.3, -0.25) is 0 Å². The van der Waals surface area contributed by atoms with E-state index >= 15 is 0 Å². The zero-order valence-electron chi connectivity index (χ0n) is 10.9. The van der Waals surface area contributed by atoms with Crippen LogP contribution in [0, 0.1) is 17.6 Å². The zero-order chi connectivity index (χ0) is 14.6. The number of hydrogen-bond donors (Lipinski definition) is 1. The molecule has 2 rings (SSSR count). The van der Waals surface area contributed by atoms with E-state index in [9.17, 15) is 17.2 Å². The minimum atomic E-state index is -4.17. The molecule has 0 amide bonds. The van der Waals surface area contributed by atoms with Gasteiger partial charge in [-0.25, -0.2) is 21.9 Å². The first kappa shape index (κ1) is 15.3. The highest BCUT2D eigenvalue weighted by Gasteiger charge is 2.23. The zero-order valence-corrected chi connectivity index (χ0v) is 11.8. The van der Waals surface area contributed by atoms with Gasteiger partial charge in [0.25, 0.3) is 0 Å². The second kappa shape index (κ2) is 6.60. The summed E-state index contributed by atoms with van der Waals surface area (Å²) in [5.41, 5.74) is 0. The normalized spacial score (nSPS) is 15.5. The second-order valence-electron chi connectivity index (χ2n) is 4.82. The second-order valence-corrected chi connectivity index (χ2v) is 6.52. The van der Waals surface area contributed by atoms with Crippen LogP contribution in [-0.4, -0.2) is 28.2 Å². The molecule has 1 aliphatic rings. The fraction of sp³-hybridized carbons (Fsp3) is 0.538. The monoisotopic (exact) mass is 305 g/mol. The molecule has 1 N–H and O–H groups in total. The minimum Gasteiger partial charge on any atom is -0.381 e. The third-order valence-electron chi connectivity index (χ3n) is 3.00. The first-order valence-corrected chi connectivity index (χ1v) is 8.00. The number of halogens is 2. The molecular formula is C13H17F2NO3S. The average Bonchev–Trinajstić information content (AvgIpc) is 3.17. The molecule has 1 saturated carbocycles. The van der Waals surface area contributed by atoms with E-state index in [0.717, 1.165) is 18.2 Å². The Morgan fingerprint density at radius 1 is 1.25 bits per heavy atom. The molecule has 0 unspecified atom stereocenters. The Bertz CT molecular complexity index is 538. The molecule has 112 valence electrons. The fourth-order valence-corrected chi connectivity index (χ4v) is 2.93. The highest BCUT2D eigenvalue weighted by Crippen LogP contribution is 2.28. The Kier molecular flexibility index (Phi) is 5.06. The van der Waals surface area contributed by atoms with Crippen molar-refractivity contribution >= 4 is 10.0 Å². The Morgan fingerprint density at radius 3 is 2.50 bits per heavy atom. The van der Waals surface area contributed by atoms with Gasteiger partial charge >= 0.3 is 0 Å². The summed E-state index contributed by atoms with van der Waals surface area (Å²) in [7, 11) is -4.17. The van der Waals surface area contributed by atoms with Crippen LogP contribution < -0.4 is 4.72 Å². The summed E-state index contributed by atoms with van der Waals surface area (Å²) in [6.07, 6.45) is 2.85. The molecule has 0 aromatic heterocycles. The van der Waals surface area contributed by atoms with Crippen molar-refractivity contribution in [3.63, 3.8) is 0 Å². The lowest BCUT2D eigenvalue weighted by atomic mass is 10.3. The highest BCUT2D eigenvalue weighted by molar-refractivity contribution is 7.89. The molecule has 0 spiro atoms. The summed E-state index contributed by atoms with van der Waals surface area (Å²) >= 11 is 0. The topological polar surface area (TPSA) is 55.4 Å². The van der Waals surface area contributed by atoms with Crippen LogP contribution in [-0.2, 0) is 14.8 Å². The largest absolute Gasteiger partial charge is 0.381 e. The number of nitrogens with one attached hydrogen (secondary N) is 1. The predicted molar refractivity (Wildman–Crippen MR) is 69.7 cm³/mol. The Hall–Kier alpha value is -1.05. The first-order valence-electron chi connectivity index (χ1n) is 6.52. The predicted octanol–water partition coefficient (Wildman–Crippen LogP) is 2.06. The highest BCUT2D eigenvalue weighted by atomic mass is 32.2. The fourth-order valence-electron chi connectivity index (χ4n) is 1.73. The van der Waals surface area contributed by atoms with Crippen LogP contribution in [0.1, 0.15) is 19.3 Å². The van der Waals surface area contributed by atoms with Crippen molar-refractivity contribution in [2.24, 2.45) is 5.92 Å². The smallest absolute Gasteiger partial charge is 0.246 e. The van der Waals surface area contributed by atoms with Crippen molar-refractivity contribution in [2.45, 2.75) is 24.2 Å². The summed E-state index contributed by atoms with van der Waals surface area (Å²) in [5.74, 6) is -1.54. The molecule has 0 aliphatic heterocycles. The third kappa shape index (κ3) is 4.22. The van der Waals surface area contributed by atoms with Crippen molar-refractivity contribution in [1.29, 1.82) is 0 Å². The van der Waals surface area contributed by atoms with Gasteiger partial charge in [0.05, 0.1) is 0 Å². The van der Waals surface area contributed by atoms with E-state index in [2.05, 4.69) is 4.72 Å². The first-order chi connectivity index (χ1) is 9.50. The summed E-state index contributed by atoms with van der Waals surface area (Å²) in [4.78, 5) is -0.932. The van der Waals surface area contributed by atoms with Gasteiger partial charge in [0.15, 0.2) is 4.90 Å². The minimum absolute atomic E-state index is 0.0841. The molecular weight excluding hydrogens is 288 g/mol. The van der Waals surface area contributed by atoms with Gasteiger partial charge in [-0.1, -0.05) is 6.07 Å². The lowest BCUT2D eigenvalue weighted by molar-refractivity contribution is 0.123. The Balaban J connectivity index is 1.81. The third-order valence-corrected chi connectivity index (χ3v) is 4.51. The Morgan fingerprint density at radius 2 is 1.90 bits per heavy atom. The number of benzene rings is 1. The summed E-state index contributed by atoms with van der Waals surface area (Å²) in [6, 6.07) is 2.95. The molecule has 0 heterocycles. The average molecular weight is 305 g/mol. The maximum absolute atomic E-state index is 13.4. The summed E-state index contributed by atoms with van der Waals surface area (Å²) in [6.45, 7) is 1.22. The molecule has 0 saturated heterocycles. The quantitative estimate of drug-likeness (QED) is 0.748. The van der Waals surface area contributed by atoms with E-state index in [4.69, 9.17) is 4.74 Å². The van der Waals surface area contributed by atoms with E-state index in [-0.39, 0.29) is 6.54 Å².